The maximum absolute atomic E-state index is 11.3. The number of unbranched alkanes of at least 4 members (excludes halogenated alkanes) is 2. The summed E-state index contributed by atoms with van der Waals surface area (Å²) in [5, 5.41) is 2.69. The molecule has 106 valence electrons. The Bertz CT molecular complexity index is 235. The SMILES string of the molecule is CNC(=O)CN1CCCN(CCCCCN)CC1. The van der Waals surface area contributed by atoms with E-state index in [1.807, 2.05) is 0 Å². The molecule has 0 saturated carbocycles. The number of carbonyl (C=O) groups is 1. The summed E-state index contributed by atoms with van der Waals surface area (Å²) in [6, 6.07) is 0. The first-order valence-corrected chi connectivity index (χ1v) is 7.11. The van der Waals surface area contributed by atoms with Gasteiger partial charge in [-0.2, -0.15) is 0 Å². The van der Waals surface area contributed by atoms with E-state index in [4.69, 9.17) is 5.73 Å². The summed E-state index contributed by atoms with van der Waals surface area (Å²) in [5.41, 5.74) is 5.49. The zero-order chi connectivity index (χ0) is 13.2. The number of nitrogens with two attached hydrogens (primary N) is 1. The van der Waals surface area contributed by atoms with Gasteiger partial charge in [0.05, 0.1) is 6.54 Å². The van der Waals surface area contributed by atoms with Crippen molar-refractivity contribution in [3.05, 3.63) is 0 Å². The Balaban J connectivity index is 2.17. The summed E-state index contributed by atoms with van der Waals surface area (Å²) < 4.78 is 0. The molecule has 0 aliphatic carbocycles. The maximum Gasteiger partial charge on any atom is 0.233 e. The average Bonchev–Trinajstić information content (AvgIpc) is 2.60. The lowest BCUT2D eigenvalue weighted by Crippen LogP contribution is -2.38. The fourth-order valence-corrected chi connectivity index (χ4v) is 2.34. The van der Waals surface area contributed by atoms with Crippen LogP contribution >= 0.6 is 0 Å². The van der Waals surface area contributed by atoms with Gasteiger partial charge in [-0.15, -0.1) is 0 Å². The smallest absolute Gasteiger partial charge is 0.233 e. The van der Waals surface area contributed by atoms with E-state index in [1.54, 1.807) is 7.05 Å². The molecule has 0 bridgehead atoms. The van der Waals surface area contributed by atoms with Crippen molar-refractivity contribution in [2.75, 3.05) is 52.9 Å². The van der Waals surface area contributed by atoms with Crippen molar-refractivity contribution in [2.45, 2.75) is 25.7 Å². The molecule has 1 rings (SSSR count). The van der Waals surface area contributed by atoms with Gasteiger partial charge in [-0.25, -0.2) is 0 Å². The first-order chi connectivity index (χ1) is 8.76. The van der Waals surface area contributed by atoms with Crippen molar-refractivity contribution in [1.29, 1.82) is 0 Å². The van der Waals surface area contributed by atoms with Crippen molar-refractivity contribution in [1.82, 2.24) is 15.1 Å². The first-order valence-electron chi connectivity index (χ1n) is 7.11. The topological polar surface area (TPSA) is 61.6 Å². The van der Waals surface area contributed by atoms with Crippen LogP contribution in [0.3, 0.4) is 0 Å². The number of carbonyl (C=O) groups excluding carboxylic acids is 1. The van der Waals surface area contributed by atoms with Crippen LogP contribution in [0.4, 0.5) is 0 Å². The van der Waals surface area contributed by atoms with Crippen molar-refractivity contribution < 1.29 is 4.79 Å². The second kappa shape index (κ2) is 9.30. The molecule has 18 heavy (non-hydrogen) atoms. The maximum atomic E-state index is 11.3. The second-order valence-electron chi connectivity index (χ2n) is 4.99. The quantitative estimate of drug-likeness (QED) is 0.623. The van der Waals surface area contributed by atoms with Crippen molar-refractivity contribution >= 4 is 5.91 Å². The van der Waals surface area contributed by atoms with Gasteiger partial charge in [-0.3, -0.25) is 9.69 Å². The minimum atomic E-state index is 0.117. The van der Waals surface area contributed by atoms with Gasteiger partial charge in [0.25, 0.3) is 0 Å². The highest BCUT2D eigenvalue weighted by Crippen LogP contribution is 2.05. The summed E-state index contributed by atoms with van der Waals surface area (Å²) in [6.07, 6.45) is 4.77. The van der Waals surface area contributed by atoms with E-state index in [0.717, 1.165) is 45.6 Å². The Morgan fingerprint density at radius 3 is 2.56 bits per heavy atom. The number of amides is 1. The van der Waals surface area contributed by atoms with Crippen LogP contribution in [-0.4, -0.2) is 68.6 Å². The van der Waals surface area contributed by atoms with Crippen LogP contribution in [-0.2, 0) is 4.79 Å². The lowest BCUT2D eigenvalue weighted by molar-refractivity contribution is -0.121. The molecule has 1 amide bonds. The van der Waals surface area contributed by atoms with E-state index in [9.17, 15) is 4.79 Å². The largest absolute Gasteiger partial charge is 0.358 e. The molecule has 1 fully saturated rings. The molecule has 0 aromatic heterocycles. The molecule has 5 nitrogen and oxygen atoms in total. The molecule has 1 aliphatic rings. The van der Waals surface area contributed by atoms with E-state index in [0.29, 0.717) is 6.54 Å². The van der Waals surface area contributed by atoms with Gasteiger partial charge in [0, 0.05) is 20.1 Å². The van der Waals surface area contributed by atoms with Crippen LogP contribution in [0, 0.1) is 0 Å². The highest BCUT2D eigenvalue weighted by atomic mass is 16.1. The van der Waals surface area contributed by atoms with Gasteiger partial charge in [-0.1, -0.05) is 6.42 Å². The number of likely N-dealkylation sites (N-methyl/N-ethyl adjacent to an activating group) is 1. The van der Waals surface area contributed by atoms with Crippen LogP contribution in [0.1, 0.15) is 25.7 Å². The van der Waals surface area contributed by atoms with Crippen LogP contribution in [0.25, 0.3) is 0 Å². The molecule has 5 heteroatoms. The molecule has 0 aromatic rings. The molecule has 0 atom stereocenters. The third-order valence-electron chi connectivity index (χ3n) is 3.51. The molecule has 0 spiro atoms. The number of hydrogen-bond donors (Lipinski definition) is 2. The second-order valence-corrected chi connectivity index (χ2v) is 4.99. The van der Waals surface area contributed by atoms with Crippen molar-refractivity contribution in [2.24, 2.45) is 5.73 Å². The molecule has 0 unspecified atom stereocenters. The highest BCUT2D eigenvalue weighted by molar-refractivity contribution is 5.77. The van der Waals surface area contributed by atoms with E-state index >= 15 is 0 Å². The zero-order valence-electron chi connectivity index (χ0n) is 11.7. The predicted molar refractivity (Wildman–Crippen MR) is 74.5 cm³/mol. The van der Waals surface area contributed by atoms with Gasteiger partial charge < -0.3 is 16.0 Å². The van der Waals surface area contributed by atoms with Gasteiger partial charge in [0.2, 0.25) is 5.91 Å². The third kappa shape index (κ3) is 6.33. The Morgan fingerprint density at radius 1 is 1.11 bits per heavy atom. The molecule has 1 saturated heterocycles. The van der Waals surface area contributed by atoms with Crippen LogP contribution < -0.4 is 11.1 Å². The molecule has 1 heterocycles. The van der Waals surface area contributed by atoms with Crippen molar-refractivity contribution in [3.8, 4) is 0 Å². The number of hydrogen-bond acceptors (Lipinski definition) is 4. The van der Waals surface area contributed by atoms with Gasteiger partial charge >= 0.3 is 0 Å². The number of rotatable bonds is 7. The third-order valence-corrected chi connectivity index (χ3v) is 3.51. The predicted octanol–water partition coefficient (Wildman–Crippen LogP) is -0.131. The van der Waals surface area contributed by atoms with Crippen molar-refractivity contribution in [3.63, 3.8) is 0 Å². The van der Waals surface area contributed by atoms with E-state index < -0.39 is 0 Å². The van der Waals surface area contributed by atoms with Gasteiger partial charge in [0.1, 0.15) is 0 Å². The summed E-state index contributed by atoms with van der Waals surface area (Å²) in [4.78, 5) is 16.1. The molecule has 0 radical (unpaired) electrons. The molecular formula is C13H28N4O. The van der Waals surface area contributed by atoms with E-state index in [2.05, 4.69) is 15.1 Å². The summed E-state index contributed by atoms with van der Waals surface area (Å²) >= 11 is 0. The Hall–Kier alpha value is -0.650. The van der Waals surface area contributed by atoms with Gasteiger partial charge in [0.15, 0.2) is 0 Å². The zero-order valence-corrected chi connectivity index (χ0v) is 11.7. The Kier molecular flexibility index (Phi) is 7.96. The Morgan fingerprint density at radius 2 is 1.83 bits per heavy atom. The lowest BCUT2D eigenvalue weighted by atomic mass is 10.2. The minimum Gasteiger partial charge on any atom is -0.358 e. The number of nitrogens with one attached hydrogen (secondary N) is 1. The average molecular weight is 256 g/mol. The van der Waals surface area contributed by atoms with Crippen LogP contribution in [0.15, 0.2) is 0 Å². The monoisotopic (exact) mass is 256 g/mol. The summed E-state index contributed by atoms with van der Waals surface area (Å²) in [6.45, 7) is 6.80. The van der Waals surface area contributed by atoms with Crippen LogP contribution in [0.2, 0.25) is 0 Å². The first kappa shape index (κ1) is 15.4. The minimum absolute atomic E-state index is 0.117. The van der Waals surface area contributed by atoms with Crippen LogP contribution in [0.5, 0.6) is 0 Å². The number of nitrogens with zero attached hydrogens (tertiary/aromatic N) is 2. The lowest BCUT2D eigenvalue weighted by Gasteiger charge is -2.21. The Labute approximate surface area is 111 Å². The summed E-state index contributed by atoms with van der Waals surface area (Å²) in [5.74, 6) is 0.117. The fraction of sp³-hybridized carbons (Fsp3) is 0.923. The molecule has 1 aliphatic heterocycles. The fourth-order valence-electron chi connectivity index (χ4n) is 2.34. The van der Waals surface area contributed by atoms with E-state index in [1.165, 1.54) is 19.4 Å². The molecule has 0 aromatic carbocycles. The molecule has 3 N–H and O–H groups in total. The highest BCUT2D eigenvalue weighted by Gasteiger charge is 2.15. The van der Waals surface area contributed by atoms with E-state index in [-0.39, 0.29) is 5.91 Å². The summed E-state index contributed by atoms with van der Waals surface area (Å²) in [7, 11) is 1.70. The normalized spacial score (nSPS) is 18.6. The van der Waals surface area contributed by atoms with Gasteiger partial charge in [-0.05, 0) is 45.4 Å². The molecular weight excluding hydrogens is 228 g/mol. The standard InChI is InChI=1S/C13H28N4O/c1-15-13(18)12-17-9-5-8-16(10-11-17)7-4-2-3-6-14/h2-12,14H2,1H3,(H,15,18).